The first-order valence-corrected chi connectivity index (χ1v) is 12.4. The molecule has 2 aliphatic rings. The molecular formula is C25H48. The Hall–Kier alpha value is 0. The van der Waals surface area contributed by atoms with Gasteiger partial charge in [-0.3, -0.25) is 0 Å². The molecule has 0 aliphatic heterocycles. The number of hydrogen-bond acceptors (Lipinski definition) is 0. The summed E-state index contributed by atoms with van der Waals surface area (Å²) >= 11 is 0. The summed E-state index contributed by atoms with van der Waals surface area (Å²) < 4.78 is 0. The van der Waals surface area contributed by atoms with E-state index < -0.39 is 0 Å². The van der Waals surface area contributed by atoms with Crippen LogP contribution in [0.3, 0.4) is 0 Å². The molecular weight excluding hydrogens is 300 g/mol. The van der Waals surface area contributed by atoms with Gasteiger partial charge < -0.3 is 0 Å². The lowest BCUT2D eigenvalue weighted by atomic mass is 9.86. The summed E-state index contributed by atoms with van der Waals surface area (Å²) in [5, 5.41) is 0. The van der Waals surface area contributed by atoms with Gasteiger partial charge in [0.05, 0.1) is 0 Å². The van der Waals surface area contributed by atoms with E-state index in [0.717, 1.165) is 11.8 Å². The van der Waals surface area contributed by atoms with Crippen molar-refractivity contribution in [2.75, 3.05) is 0 Å². The first-order chi connectivity index (χ1) is 12.4. The third-order valence-corrected chi connectivity index (χ3v) is 7.17. The fraction of sp³-hybridized carbons (Fsp3) is 1.00. The van der Waals surface area contributed by atoms with Crippen LogP contribution in [0, 0.1) is 11.8 Å². The molecule has 0 heteroatoms. The highest BCUT2D eigenvalue weighted by molar-refractivity contribution is 4.67. The van der Waals surface area contributed by atoms with Gasteiger partial charge in [-0.05, 0) is 11.8 Å². The molecule has 25 heavy (non-hydrogen) atoms. The monoisotopic (exact) mass is 348 g/mol. The van der Waals surface area contributed by atoms with Gasteiger partial charge >= 0.3 is 0 Å². The Morgan fingerprint density at radius 1 is 0.320 bits per heavy atom. The molecule has 0 nitrogen and oxygen atoms in total. The smallest absolute Gasteiger partial charge is 0.0414 e. The van der Waals surface area contributed by atoms with Crippen molar-refractivity contribution >= 4 is 0 Å². The van der Waals surface area contributed by atoms with Crippen LogP contribution in [0.4, 0.5) is 0 Å². The highest BCUT2D eigenvalue weighted by Gasteiger charge is 2.13. The van der Waals surface area contributed by atoms with E-state index in [2.05, 4.69) is 0 Å². The molecule has 0 atom stereocenters. The van der Waals surface area contributed by atoms with E-state index in [1.807, 2.05) is 0 Å². The average molecular weight is 349 g/mol. The van der Waals surface area contributed by atoms with Crippen molar-refractivity contribution in [3.05, 3.63) is 0 Å². The summed E-state index contributed by atoms with van der Waals surface area (Å²) in [4.78, 5) is 0. The van der Waals surface area contributed by atoms with Crippen molar-refractivity contribution in [3.63, 3.8) is 0 Å². The molecule has 2 saturated carbocycles. The highest BCUT2D eigenvalue weighted by atomic mass is 14.2. The molecule has 0 saturated heterocycles. The fourth-order valence-electron chi connectivity index (χ4n) is 5.41. The Morgan fingerprint density at radius 3 is 0.840 bits per heavy atom. The SMILES string of the molecule is C1CCCCCC(CCCC2CCCCCCCCCC2)CCCC1. The Kier molecular flexibility index (Phi) is 12.9. The van der Waals surface area contributed by atoms with Gasteiger partial charge in [0, 0.05) is 0 Å². The molecule has 0 bridgehead atoms. The van der Waals surface area contributed by atoms with Crippen molar-refractivity contribution in [1.82, 2.24) is 0 Å². The summed E-state index contributed by atoms with van der Waals surface area (Å²) in [6, 6.07) is 0. The Labute approximate surface area is 159 Å². The van der Waals surface area contributed by atoms with Gasteiger partial charge in [0.2, 0.25) is 0 Å². The Balaban J connectivity index is 1.64. The van der Waals surface area contributed by atoms with E-state index >= 15 is 0 Å². The van der Waals surface area contributed by atoms with Crippen molar-refractivity contribution in [2.24, 2.45) is 11.8 Å². The van der Waals surface area contributed by atoms with Gasteiger partial charge in [0.25, 0.3) is 0 Å². The second-order valence-corrected chi connectivity index (χ2v) is 9.47. The second kappa shape index (κ2) is 15.1. The van der Waals surface area contributed by atoms with Crippen molar-refractivity contribution in [3.8, 4) is 0 Å². The molecule has 0 amide bonds. The quantitative estimate of drug-likeness (QED) is 0.475. The third kappa shape index (κ3) is 11.3. The molecule has 0 aromatic heterocycles. The first kappa shape index (κ1) is 21.3. The highest BCUT2D eigenvalue weighted by Crippen LogP contribution is 2.29. The zero-order valence-corrected chi connectivity index (χ0v) is 17.4. The van der Waals surface area contributed by atoms with Crippen LogP contribution in [0.25, 0.3) is 0 Å². The molecule has 2 fully saturated rings. The first-order valence-electron chi connectivity index (χ1n) is 12.4. The van der Waals surface area contributed by atoms with Crippen LogP contribution in [0.1, 0.15) is 148 Å². The van der Waals surface area contributed by atoms with E-state index in [-0.39, 0.29) is 0 Å². The summed E-state index contributed by atoms with van der Waals surface area (Å²) in [6.45, 7) is 0. The van der Waals surface area contributed by atoms with E-state index in [9.17, 15) is 0 Å². The van der Waals surface area contributed by atoms with Crippen LogP contribution in [-0.2, 0) is 0 Å². The minimum Gasteiger partial charge on any atom is -0.0533 e. The molecule has 0 heterocycles. The van der Waals surface area contributed by atoms with Crippen molar-refractivity contribution in [1.29, 1.82) is 0 Å². The predicted molar refractivity (Wildman–Crippen MR) is 113 cm³/mol. The maximum absolute atomic E-state index is 1.55. The number of rotatable bonds is 4. The largest absolute Gasteiger partial charge is 0.0533 e. The fourth-order valence-corrected chi connectivity index (χ4v) is 5.41. The maximum atomic E-state index is 1.55. The van der Waals surface area contributed by atoms with E-state index in [1.54, 1.807) is 38.5 Å². The van der Waals surface area contributed by atoms with Crippen molar-refractivity contribution in [2.45, 2.75) is 148 Å². The molecule has 0 aromatic rings. The summed E-state index contributed by atoms with van der Waals surface area (Å²) in [5.74, 6) is 2.14. The van der Waals surface area contributed by atoms with Crippen LogP contribution < -0.4 is 0 Å². The summed E-state index contributed by atoms with van der Waals surface area (Å²) in [5.41, 5.74) is 0. The lowest BCUT2D eigenvalue weighted by molar-refractivity contribution is 0.331. The van der Waals surface area contributed by atoms with E-state index in [4.69, 9.17) is 0 Å². The minimum atomic E-state index is 1.07. The molecule has 0 unspecified atom stereocenters. The van der Waals surface area contributed by atoms with Crippen LogP contribution in [0.15, 0.2) is 0 Å². The lowest BCUT2D eigenvalue weighted by Crippen LogP contribution is -2.05. The lowest BCUT2D eigenvalue weighted by Gasteiger charge is -2.20. The molecule has 0 radical (unpaired) electrons. The van der Waals surface area contributed by atoms with Crippen LogP contribution in [0.2, 0.25) is 0 Å². The van der Waals surface area contributed by atoms with Gasteiger partial charge in [-0.1, -0.05) is 148 Å². The van der Waals surface area contributed by atoms with Gasteiger partial charge in [-0.25, -0.2) is 0 Å². The molecule has 0 N–H and O–H groups in total. The molecule has 2 aliphatic carbocycles. The van der Waals surface area contributed by atoms with Crippen molar-refractivity contribution < 1.29 is 0 Å². The van der Waals surface area contributed by atoms with Crippen LogP contribution >= 0.6 is 0 Å². The summed E-state index contributed by atoms with van der Waals surface area (Å²) in [7, 11) is 0. The molecule has 0 spiro atoms. The number of hydrogen-bond donors (Lipinski definition) is 0. The predicted octanol–water partition coefficient (Wildman–Crippen LogP) is 9.22. The molecule has 0 aromatic carbocycles. The van der Waals surface area contributed by atoms with Gasteiger partial charge in [-0.15, -0.1) is 0 Å². The summed E-state index contributed by atoms with van der Waals surface area (Å²) in [6.07, 6.45) is 35.0. The van der Waals surface area contributed by atoms with E-state index in [0.29, 0.717) is 0 Å². The van der Waals surface area contributed by atoms with E-state index in [1.165, 1.54) is 109 Å². The van der Waals surface area contributed by atoms with Crippen LogP contribution in [-0.4, -0.2) is 0 Å². The zero-order chi connectivity index (χ0) is 17.4. The standard InChI is InChI=1S/C25H48/c1-2-6-10-14-19-24(18-13-9-5-1)22-17-23-25-20-15-11-7-3-4-8-12-16-21-25/h24-25H,1-23H2. The van der Waals surface area contributed by atoms with Gasteiger partial charge in [-0.2, -0.15) is 0 Å². The second-order valence-electron chi connectivity index (χ2n) is 9.47. The zero-order valence-electron chi connectivity index (χ0n) is 17.4. The molecule has 2 rings (SSSR count). The normalized spacial score (nSPS) is 25.0. The Morgan fingerprint density at radius 2 is 0.560 bits per heavy atom. The molecule has 148 valence electrons. The minimum absolute atomic E-state index is 1.07. The van der Waals surface area contributed by atoms with Crippen LogP contribution in [0.5, 0.6) is 0 Å². The van der Waals surface area contributed by atoms with Gasteiger partial charge in [0.1, 0.15) is 0 Å². The maximum Gasteiger partial charge on any atom is -0.0414 e. The van der Waals surface area contributed by atoms with Gasteiger partial charge in [0.15, 0.2) is 0 Å². The Bertz CT molecular complexity index is 230. The third-order valence-electron chi connectivity index (χ3n) is 7.17. The average Bonchev–Trinajstić information content (AvgIpc) is 2.72. The topological polar surface area (TPSA) is 0 Å².